The molecule has 1 aromatic carbocycles. The third kappa shape index (κ3) is 5.96. The second-order valence-corrected chi connectivity index (χ2v) is 6.19. The molecule has 1 N–H and O–H groups in total. The minimum Gasteiger partial charge on any atom is -0.490 e. The number of nitrogens with one attached hydrogen (secondary N) is 1. The van der Waals surface area contributed by atoms with Gasteiger partial charge in [-0.2, -0.15) is 0 Å². The molecule has 0 radical (unpaired) electrons. The highest BCUT2D eigenvalue weighted by molar-refractivity contribution is 5.93. The van der Waals surface area contributed by atoms with Crippen LogP contribution in [-0.2, 0) is 9.53 Å². The number of esters is 1. The summed E-state index contributed by atoms with van der Waals surface area (Å²) in [5, 5.41) is 2.82. The molecule has 0 bridgehead atoms. The van der Waals surface area contributed by atoms with E-state index in [0.717, 1.165) is 25.7 Å². The van der Waals surface area contributed by atoms with Crippen molar-refractivity contribution in [3.8, 4) is 11.5 Å². The Morgan fingerprint density at radius 2 is 1.76 bits per heavy atom. The zero-order valence-electron chi connectivity index (χ0n) is 15.2. The van der Waals surface area contributed by atoms with Gasteiger partial charge in [0.1, 0.15) is 0 Å². The first-order valence-corrected chi connectivity index (χ1v) is 8.96. The second kappa shape index (κ2) is 9.30. The molecule has 0 heterocycles. The minimum absolute atomic E-state index is 0.234. The zero-order valence-corrected chi connectivity index (χ0v) is 15.2. The van der Waals surface area contributed by atoms with Gasteiger partial charge in [0, 0.05) is 6.04 Å². The van der Waals surface area contributed by atoms with Gasteiger partial charge >= 0.3 is 5.97 Å². The highest BCUT2D eigenvalue weighted by atomic mass is 16.5. The molecule has 1 fully saturated rings. The molecule has 1 aliphatic carbocycles. The summed E-state index contributed by atoms with van der Waals surface area (Å²) in [5.41, 5.74) is 0.334. The lowest BCUT2D eigenvalue weighted by Crippen LogP contribution is -2.37. The van der Waals surface area contributed by atoms with E-state index in [0.29, 0.717) is 30.3 Å². The van der Waals surface area contributed by atoms with Crippen LogP contribution in [-0.4, -0.2) is 37.2 Å². The van der Waals surface area contributed by atoms with E-state index in [1.165, 1.54) is 0 Å². The van der Waals surface area contributed by atoms with Crippen LogP contribution in [0.2, 0.25) is 0 Å². The molecule has 6 nitrogen and oxygen atoms in total. The molecule has 0 unspecified atom stereocenters. The highest BCUT2D eigenvalue weighted by Gasteiger charge is 2.27. The Hall–Kier alpha value is -2.24. The van der Waals surface area contributed by atoms with Gasteiger partial charge in [0.15, 0.2) is 17.6 Å². The zero-order chi connectivity index (χ0) is 18.2. The van der Waals surface area contributed by atoms with Crippen molar-refractivity contribution in [1.29, 1.82) is 0 Å². The average molecular weight is 349 g/mol. The van der Waals surface area contributed by atoms with E-state index in [4.69, 9.17) is 14.2 Å². The van der Waals surface area contributed by atoms with E-state index in [2.05, 4.69) is 5.32 Å². The topological polar surface area (TPSA) is 73.9 Å². The first-order valence-electron chi connectivity index (χ1n) is 8.96. The SMILES string of the molecule is CCCOc1ccc(C(=O)O[C@@H](C)C(=O)NC2CC2)cc1OCCC. The molecule has 2 rings (SSSR count). The molecule has 0 spiro atoms. The third-order valence-electron chi connectivity index (χ3n) is 3.68. The van der Waals surface area contributed by atoms with Gasteiger partial charge in [-0.3, -0.25) is 4.79 Å². The second-order valence-electron chi connectivity index (χ2n) is 6.19. The summed E-state index contributed by atoms with van der Waals surface area (Å²) >= 11 is 0. The summed E-state index contributed by atoms with van der Waals surface area (Å²) in [7, 11) is 0. The maximum absolute atomic E-state index is 12.3. The molecule has 25 heavy (non-hydrogen) atoms. The third-order valence-corrected chi connectivity index (χ3v) is 3.68. The molecule has 0 aliphatic heterocycles. The molecule has 1 aliphatic rings. The van der Waals surface area contributed by atoms with Crippen LogP contribution in [0.4, 0.5) is 0 Å². The molecule has 0 saturated heterocycles. The quantitative estimate of drug-likeness (QED) is 0.657. The summed E-state index contributed by atoms with van der Waals surface area (Å²) in [5.74, 6) is 0.300. The summed E-state index contributed by atoms with van der Waals surface area (Å²) in [4.78, 5) is 24.2. The average Bonchev–Trinajstić information content (AvgIpc) is 3.42. The molecular formula is C19H27NO5. The molecule has 6 heteroatoms. The van der Waals surface area contributed by atoms with Gasteiger partial charge in [0.2, 0.25) is 0 Å². The van der Waals surface area contributed by atoms with Crippen molar-refractivity contribution in [2.75, 3.05) is 13.2 Å². The Morgan fingerprint density at radius 1 is 1.12 bits per heavy atom. The molecule has 1 saturated carbocycles. The number of amides is 1. The maximum atomic E-state index is 12.3. The maximum Gasteiger partial charge on any atom is 0.339 e. The molecule has 0 aromatic heterocycles. The monoisotopic (exact) mass is 349 g/mol. The first-order chi connectivity index (χ1) is 12.0. The lowest BCUT2D eigenvalue weighted by atomic mass is 10.2. The largest absolute Gasteiger partial charge is 0.490 e. The smallest absolute Gasteiger partial charge is 0.339 e. The molecule has 138 valence electrons. The van der Waals surface area contributed by atoms with Crippen LogP contribution in [0, 0.1) is 0 Å². The van der Waals surface area contributed by atoms with Crippen LogP contribution in [0.5, 0.6) is 11.5 Å². The molecule has 1 atom stereocenters. The number of carbonyl (C=O) groups is 2. The van der Waals surface area contributed by atoms with Gasteiger partial charge in [0.05, 0.1) is 18.8 Å². The Labute approximate surface area is 148 Å². The van der Waals surface area contributed by atoms with Gasteiger partial charge in [-0.05, 0) is 50.8 Å². The fourth-order valence-corrected chi connectivity index (χ4v) is 2.12. The van der Waals surface area contributed by atoms with Gasteiger partial charge in [-0.1, -0.05) is 13.8 Å². The van der Waals surface area contributed by atoms with Crippen molar-refractivity contribution < 1.29 is 23.8 Å². The van der Waals surface area contributed by atoms with Crippen LogP contribution < -0.4 is 14.8 Å². The van der Waals surface area contributed by atoms with Crippen LogP contribution in [0.15, 0.2) is 18.2 Å². The van der Waals surface area contributed by atoms with Crippen LogP contribution >= 0.6 is 0 Å². The van der Waals surface area contributed by atoms with Gasteiger partial charge in [0.25, 0.3) is 5.91 Å². The van der Waals surface area contributed by atoms with Gasteiger partial charge in [-0.15, -0.1) is 0 Å². The number of benzene rings is 1. The number of hydrogen-bond acceptors (Lipinski definition) is 5. The lowest BCUT2D eigenvalue weighted by molar-refractivity contribution is -0.129. The first kappa shape index (κ1) is 19.1. The van der Waals surface area contributed by atoms with E-state index in [9.17, 15) is 9.59 Å². The van der Waals surface area contributed by atoms with Crippen molar-refractivity contribution in [3.05, 3.63) is 23.8 Å². The van der Waals surface area contributed by atoms with Crippen molar-refractivity contribution in [2.24, 2.45) is 0 Å². The predicted molar refractivity (Wildman–Crippen MR) is 94.1 cm³/mol. The highest BCUT2D eigenvalue weighted by Crippen LogP contribution is 2.29. The van der Waals surface area contributed by atoms with E-state index in [1.807, 2.05) is 13.8 Å². The Morgan fingerprint density at radius 3 is 2.36 bits per heavy atom. The molecular weight excluding hydrogens is 322 g/mol. The van der Waals surface area contributed by atoms with Crippen molar-refractivity contribution in [3.63, 3.8) is 0 Å². The van der Waals surface area contributed by atoms with Crippen LogP contribution in [0.3, 0.4) is 0 Å². The summed E-state index contributed by atoms with van der Waals surface area (Å²) < 4.78 is 16.6. The standard InChI is InChI=1S/C19H27NO5/c1-4-10-23-16-9-6-14(12-17(16)24-11-5-2)19(22)25-13(3)18(21)20-15-7-8-15/h6,9,12-13,15H,4-5,7-8,10-11H2,1-3H3,(H,20,21)/t13-/m0/s1. The Kier molecular flexibility index (Phi) is 7.10. The molecule has 1 amide bonds. The van der Waals surface area contributed by atoms with E-state index < -0.39 is 12.1 Å². The van der Waals surface area contributed by atoms with E-state index >= 15 is 0 Å². The minimum atomic E-state index is -0.830. The molecule has 1 aromatic rings. The summed E-state index contributed by atoms with van der Waals surface area (Å²) in [6.45, 7) is 6.70. The van der Waals surface area contributed by atoms with Gasteiger partial charge in [-0.25, -0.2) is 4.79 Å². The number of hydrogen-bond donors (Lipinski definition) is 1. The summed E-state index contributed by atoms with van der Waals surface area (Å²) in [6, 6.07) is 5.16. The van der Waals surface area contributed by atoms with Crippen molar-refractivity contribution in [2.45, 2.75) is 58.6 Å². The normalized spacial score (nSPS) is 14.5. The number of rotatable bonds is 10. The van der Waals surface area contributed by atoms with Crippen LogP contribution in [0.25, 0.3) is 0 Å². The lowest BCUT2D eigenvalue weighted by Gasteiger charge is -2.15. The number of ether oxygens (including phenoxy) is 3. The van der Waals surface area contributed by atoms with Gasteiger partial charge < -0.3 is 19.5 Å². The summed E-state index contributed by atoms with van der Waals surface area (Å²) in [6.07, 6.45) is 2.88. The van der Waals surface area contributed by atoms with Crippen molar-refractivity contribution >= 4 is 11.9 Å². The van der Waals surface area contributed by atoms with E-state index in [1.54, 1.807) is 25.1 Å². The fourth-order valence-electron chi connectivity index (χ4n) is 2.12. The van der Waals surface area contributed by atoms with Crippen molar-refractivity contribution in [1.82, 2.24) is 5.32 Å². The fraction of sp³-hybridized carbons (Fsp3) is 0.579. The Balaban J connectivity index is 2.02. The van der Waals surface area contributed by atoms with E-state index in [-0.39, 0.29) is 11.9 Å². The van der Waals surface area contributed by atoms with Crippen LogP contribution in [0.1, 0.15) is 56.8 Å². The predicted octanol–water partition coefficient (Wildman–Crippen LogP) is 3.09. The Bertz CT molecular complexity index is 597. The number of carbonyl (C=O) groups excluding carboxylic acids is 2.